The smallest absolute Gasteiger partial charge is 0.277 e. The van der Waals surface area contributed by atoms with Gasteiger partial charge in [-0.2, -0.15) is 0 Å². The molecule has 2 aliphatic rings. The largest absolute Gasteiger partial charge is 0.327 e. The van der Waals surface area contributed by atoms with Crippen LogP contribution in [0.15, 0.2) is 24.3 Å². The summed E-state index contributed by atoms with van der Waals surface area (Å²) in [6.07, 6.45) is 4.09. The summed E-state index contributed by atoms with van der Waals surface area (Å²) in [4.78, 5) is 15.4. The van der Waals surface area contributed by atoms with E-state index in [4.69, 9.17) is 11.6 Å². The molecule has 1 aliphatic carbocycles. The highest BCUT2D eigenvalue weighted by molar-refractivity contribution is 6.31. The highest BCUT2D eigenvalue weighted by atomic mass is 35.5. The van der Waals surface area contributed by atoms with Gasteiger partial charge in [0.05, 0.1) is 17.8 Å². The molecule has 1 atom stereocenters. The van der Waals surface area contributed by atoms with Crippen molar-refractivity contribution in [1.82, 2.24) is 25.2 Å². The lowest BCUT2D eigenvalue weighted by Crippen LogP contribution is -2.36. The molecule has 28 heavy (non-hydrogen) atoms. The summed E-state index contributed by atoms with van der Waals surface area (Å²) in [6.45, 7) is 5.96. The summed E-state index contributed by atoms with van der Waals surface area (Å²) < 4.78 is 1.94. The normalized spacial score (nSPS) is 18.4. The molecule has 2 heterocycles. The number of amides is 1. The van der Waals surface area contributed by atoms with Crippen LogP contribution >= 0.6 is 24.0 Å². The van der Waals surface area contributed by atoms with Crippen molar-refractivity contribution in [3.05, 3.63) is 46.2 Å². The molecule has 0 radical (unpaired) electrons. The van der Waals surface area contributed by atoms with E-state index in [9.17, 15) is 4.79 Å². The van der Waals surface area contributed by atoms with E-state index in [-0.39, 0.29) is 30.4 Å². The molecule has 1 saturated heterocycles. The van der Waals surface area contributed by atoms with Crippen LogP contribution in [0.1, 0.15) is 66.4 Å². The predicted molar refractivity (Wildman–Crippen MR) is 112 cm³/mol. The van der Waals surface area contributed by atoms with Gasteiger partial charge < -0.3 is 10.2 Å². The number of benzene rings is 1. The van der Waals surface area contributed by atoms with Crippen molar-refractivity contribution in [3.8, 4) is 0 Å². The van der Waals surface area contributed by atoms with E-state index >= 15 is 0 Å². The second kappa shape index (κ2) is 8.80. The molecule has 1 amide bonds. The summed E-state index contributed by atoms with van der Waals surface area (Å²) in [6, 6.07) is 8.23. The molecule has 6 nitrogen and oxygen atoms in total. The fourth-order valence-corrected chi connectivity index (χ4v) is 4.33. The first-order valence-electron chi connectivity index (χ1n) is 9.77. The summed E-state index contributed by atoms with van der Waals surface area (Å²) in [5.41, 5.74) is 2.31. The molecule has 1 aliphatic heterocycles. The lowest BCUT2D eigenvalue weighted by molar-refractivity contribution is 0.0667. The monoisotopic (exact) mass is 423 g/mol. The Hall–Kier alpha value is -1.63. The van der Waals surface area contributed by atoms with Crippen molar-refractivity contribution in [2.24, 2.45) is 0 Å². The summed E-state index contributed by atoms with van der Waals surface area (Å²) in [5.74, 6) is -0.0393. The van der Waals surface area contributed by atoms with E-state index in [1.807, 2.05) is 47.7 Å². The van der Waals surface area contributed by atoms with Crippen LogP contribution in [0.25, 0.3) is 0 Å². The van der Waals surface area contributed by atoms with Crippen molar-refractivity contribution >= 4 is 29.9 Å². The molecule has 1 N–H and O–H groups in total. The SMILES string of the molecule is Cc1c(C(=O)N(C2CC2)C(C)c2ccccc2Cl)nnn1C1CCNCC1.Cl. The maximum atomic E-state index is 13.4. The Bertz CT molecular complexity index is 830. The van der Waals surface area contributed by atoms with Crippen molar-refractivity contribution < 1.29 is 4.79 Å². The van der Waals surface area contributed by atoms with E-state index in [0.717, 1.165) is 50.0 Å². The van der Waals surface area contributed by atoms with Crippen LogP contribution in [-0.2, 0) is 0 Å². The first kappa shape index (κ1) is 21.1. The predicted octanol–water partition coefficient (Wildman–Crippen LogP) is 3.95. The Morgan fingerprint density at radius 3 is 2.57 bits per heavy atom. The van der Waals surface area contributed by atoms with Crippen LogP contribution in [-0.4, -0.2) is 44.9 Å². The first-order valence-corrected chi connectivity index (χ1v) is 10.1. The topological polar surface area (TPSA) is 63.1 Å². The standard InChI is InChI=1S/C20H26ClN5O.ClH/c1-13(17-5-3-4-6-18(17)21)25(15-7-8-15)20(27)19-14(2)26(24-23-19)16-9-11-22-12-10-16;/h3-6,13,15-16,22H,7-12H2,1-2H3;1H. The number of nitrogens with zero attached hydrogens (tertiary/aromatic N) is 4. The lowest BCUT2D eigenvalue weighted by Gasteiger charge is -2.30. The maximum Gasteiger partial charge on any atom is 0.277 e. The highest BCUT2D eigenvalue weighted by Crippen LogP contribution is 2.37. The van der Waals surface area contributed by atoms with Crippen LogP contribution < -0.4 is 5.32 Å². The minimum atomic E-state index is -0.0952. The highest BCUT2D eigenvalue weighted by Gasteiger charge is 2.39. The number of aromatic nitrogens is 3. The van der Waals surface area contributed by atoms with Crippen LogP contribution in [0.5, 0.6) is 0 Å². The molecule has 152 valence electrons. The molecule has 1 aromatic heterocycles. The molecule has 1 aromatic carbocycles. The molecule has 1 saturated carbocycles. The average Bonchev–Trinajstić information content (AvgIpc) is 3.43. The van der Waals surface area contributed by atoms with Gasteiger partial charge in [0.15, 0.2) is 5.69 Å². The number of carbonyl (C=O) groups is 1. The molecule has 1 unspecified atom stereocenters. The van der Waals surface area contributed by atoms with Crippen molar-refractivity contribution in [2.45, 2.75) is 57.7 Å². The zero-order valence-electron chi connectivity index (χ0n) is 16.3. The molecule has 2 aromatic rings. The maximum absolute atomic E-state index is 13.4. The Balaban J connectivity index is 0.00000225. The zero-order chi connectivity index (χ0) is 19.0. The number of halogens is 2. The minimum absolute atomic E-state index is 0. The third kappa shape index (κ3) is 4.04. The van der Waals surface area contributed by atoms with E-state index in [1.54, 1.807) is 0 Å². The van der Waals surface area contributed by atoms with E-state index in [2.05, 4.69) is 15.6 Å². The van der Waals surface area contributed by atoms with Gasteiger partial charge in [0.25, 0.3) is 5.91 Å². The van der Waals surface area contributed by atoms with Gasteiger partial charge in [0.1, 0.15) is 0 Å². The average molecular weight is 424 g/mol. The van der Waals surface area contributed by atoms with Gasteiger partial charge >= 0.3 is 0 Å². The number of hydrogen-bond acceptors (Lipinski definition) is 4. The van der Waals surface area contributed by atoms with E-state index in [1.165, 1.54) is 0 Å². The van der Waals surface area contributed by atoms with Crippen molar-refractivity contribution in [3.63, 3.8) is 0 Å². The summed E-state index contributed by atoms with van der Waals surface area (Å²) >= 11 is 6.40. The molecule has 0 bridgehead atoms. The van der Waals surface area contributed by atoms with Gasteiger partial charge in [-0.3, -0.25) is 4.79 Å². The minimum Gasteiger partial charge on any atom is -0.327 e. The van der Waals surface area contributed by atoms with Gasteiger partial charge in [-0.1, -0.05) is 35.0 Å². The van der Waals surface area contributed by atoms with Gasteiger partial charge in [0.2, 0.25) is 0 Å². The number of nitrogens with one attached hydrogen (secondary N) is 1. The van der Waals surface area contributed by atoms with Crippen molar-refractivity contribution in [2.75, 3.05) is 13.1 Å². The Labute approximate surface area is 177 Å². The Morgan fingerprint density at radius 1 is 1.25 bits per heavy atom. The van der Waals surface area contributed by atoms with Crippen LogP contribution in [0.2, 0.25) is 5.02 Å². The summed E-state index contributed by atoms with van der Waals surface area (Å²) in [7, 11) is 0. The van der Waals surface area contributed by atoms with Gasteiger partial charge in [-0.05, 0) is 64.3 Å². The molecular weight excluding hydrogens is 397 g/mol. The quantitative estimate of drug-likeness (QED) is 0.790. The molecule has 4 rings (SSSR count). The fraction of sp³-hybridized carbons (Fsp3) is 0.550. The fourth-order valence-electron chi connectivity index (χ4n) is 4.03. The molecular formula is C20H27Cl2N5O. The Morgan fingerprint density at radius 2 is 1.93 bits per heavy atom. The number of carbonyl (C=O) groups excluding carboxylic acids is 1. The second-order valence-electron chi connectivity index (χ2n) is 7.59. The van der Waals surface area contributed by atoms with Gasteiger partial charge in [-0.25, -0.2) is 4.68 Å². The summed E-state index contributed by atoms with van der Waals surface area (Å²) in [5, 5.41) is 12.7. The second-order valence-corrected chi connectivity index (χ2v) is 8.00. The third-order valence-corrected chi connectivity index (χ3v) is 6.08. The number of rotatable bonds is 5. The first-order chi connectivity index (χ1) is 13.1. The molecule has 8 heteroatoms. The molecule has 0 spiro atoms. The third-order valence-electron chi connectivity index (χ3n) is 5.73. The van der Waals surface area contributed by atoms with Crippen LogP contribution in [0.4, 0.5) is 0 Å². The lowest BCUT2D eigenvalue weighted by atomic mass is 10.1. The number of piperidine rings is 1. The van der Waals surface area contributed by atoms with Gasteiger partial charge in [-0.15, -0.1) is 17.5 Å². The molecule has 2 fully saturated rings. The zero-order valence-corrected chi connectivity index (χ0v) is 17.8. The number of hydrogen-bond donors (Lipinski definition) is 1. The Kier molecular flexibility index (Phi) is 6.63. The van der Waals surface area contributed by atoms with Crippen LogP contribution in [0, 0.1) is 6.92 Å². The van der Waals surface area contributed by atoms with E-state index in [0.29, 0.717) is 16.8 Å². The van der Waals surface area contributed by atoms with Crippen molar-refractivity contribution in [1.29, 1.82) is 0 Å². The van der Waals surface area contributed by atoms with E-state index < -0.39 is 0 Å². The van der Waals surface area contributed by atoms with Crippen LogP contribution in [0.3, 0.4) is 0 Å². The van der Waals surface area contributed by atoms with Gasteiger partial charge in [0, 0.05) is 11.1 Å².